The second-order valence-electron chi connectivity index (χ2n) is 7.01. The maximum Gasteiger partial charge on any atom is 0.291 e. The molecule has 7 heteroatoms. The highest BCUT2D eigenvalue weighted by Gasteiger charge is 2.30. The minimum absolute atomic E-state index is 0.0762. The van der Waals surface area contributed by atoms with E-state index in [0.29, 0.717) is 36.9 Å². The van der Waals surface area contributed by atoms with Crippen molar-refractivity contribution in [2.45, 2.75) is 32.1 Å². The van der Waals surface area contributed by atoms with E-state index in [1.54, 1.807) is 25.1 Å². The van der Waals surface area contributed by atoms with E-state index in [2.05, 4.69) is 9.97 Å². The van der Waals surface area contributed by atoms with Crippen molar-refractivity contribution in [3.05, 3.63) is 65.5 Å². The number of hydrogen-bond acceptors (Lipinski definition) is 6. The maximum absolute atomic E-state index is 12.7. The molecule has 1 amide bonds. The summed E-state index contributed by atoms with van der Waals surface area (Å²) in [7, 11) is 1.66. The molecular formula is C21H23N3O4. The molecule has 1 aromatic carbocycles. The van der Waals surface area contributed by atoms with Crippen LogP contribution in [-0.2, 0) is 6.42 Å². The first-order valence-electron chi connectivity index (χ1n) is 9.41. The molecule has 1 atom stereocenters. The van der Waals surface area contributed by atoms with Crippen LogP contribution in [0.1, 0.15) is 52.2 Å². The minimum atomic E-state index is -0.125. The number of nitrogens with zero attached hydrogens (tertiary/aromatic N) is 3. The lowest BCUT2D eigenvalue weighted by molar-refractivity contribution is 0.0664. The summed E-state index contributed by atoms with van der Waals surface area (Å²) in [4.78, 5) is 23.0. The normalized spacial score (nSPS) is 16.9. The summed E-state index contributed by atoms with van der Waals surface area (Å²) in [6.45, 7) is 3.04. The van der Waals surface area contributed by atoms with Gasteiger partial charge in [-0.15, -0.1) is 0 Å². The summed E-state index contributed by atoms with van der Waals surface area (Å²) in [5.74, 6) is 2.56. The van der Waals surface area contributed by atoms with Gasteiger partial charge in [-0.25, -0.2) is 9.97 Å². The largest absolute Gasteiger partial charge is 0.496 e. The number of amides is 1. The fraction of sp³-hybridized carbons (Fsp3) is 0.381. The summed E-state index contributed by atoms with van der Waals surface area (Å²) in [6.07, 6.45) is 5.52. The van der Waals surface area contributed by atoms with Gasteiger partial charge in [-0.1, -0.05) is 18.2 Å². The third-order valence-electron chi connectivity index (χ3n) is 5.13. The number of benzene rings is 1. The van der Waals surface area contributed by atoms with Gasteiger partial charge >= 0.3 is 0 Å². The van der Waals surface area contributed by atoms with Crippen LogP contribution in [0.15, 0.2) is 45.7 Å². The van der Waals surface area contributed by atoms with Crippen LogP contribution in [0.4, 0.5) is 0 Å². The molecule has 0 saturated carbocycles. The molecule has 0 radical (unpaired) electrons. The van der Waals surface area contributed by atoms with Crippen molar-refractivity contribution in [2.75, 3.05) is 20.2 Å². The van der Waals surface area contributed by atoms with Crippen molar-refractivity contribution in [2.24, 2.45) is 0 Å². The molecular weight excluding hydrogens is 358 g/mol. The Morgan fingerprint density at radius 3 is 2.96 bits per heavy atom. The first-order chi connectivity index (χ1) is 13.7. The number of aryl methyl sites for hydroxylation is 1. The molecule has 1 aliphatic heterocycles. The molecule has 3 aromatic rings. The lowest BCUT2D eigenvalue weighted by atomic mass is 9.97. The number of piperidine rings is 1. The summed E-state index contributed by atoms with van der Waals surface area (Å²) in [6, 6.07) is 7.87. The lowest BCUT2D eigenvalue weighted by Gasteiger charge is -2.30. The Kier molecular flexibility index (Phi) is 5.14. The molecule has 1 unspecified atom stereocenters. The van der Waals surface area contributed by atoms with Gasteiger partial charge in [0.15, 0.2) is 12.3 Å². The highest BCUT2D eigenvalue weighted by Crippen LogP contribution is 2.29. The topological polar surface area (TPSA) is 81.6 Å². The van der Waals surface area contributed by atoms with Crippen molar-refractivity contribution in [3.63, 3.8) is 0 Å². The number of ether oxygens (including phenoxy) is 1. The smallest absolute Gasteiger partial charge is 0.291 e. The fourth-order valence-electron chi connectivity index (χ4n) is 3.64. The number of oxazole rings is 2. The van der Waals surface area contributed by atoms with Gasteiger partial charge in [0, 0.05) is 25.1 Å². The predicted molar refractivity (Wildman–Crippen MR) is 101 cm³/mol. The van der Waals surface area contributed by atoms with Crippen LogP contribution in [0, 0.1) is 6.92 Å². The number of aromatic nitrogens is 2. The van der Waals surface area contributed by atoms with Crippen LogP contribution in [-0.4, -0.2) is 41.0 Å². The predicted octanol–water partition coefficient (Wildman–Crippen LogP) is 3.59. The first-order valence-corrected chi connectivity index (χ1v) is 9.41. The van der Waals surface area contributed by atoms with Crippen molar-refractivity contribution >= 4 is 5.91 Å². The number of hydrogen-bond donors (Lipinski definition) is 0. The molecule has 1 fully saturated rings. The highest BCUT2D eigenvalue weighted by molar-refractivity contribution is 5.92. The second-order valence-corrected chi connectivity index (χ2v) is 7.01. The fourth-order valence-corrected chi connectivity index (χ4v) is 3.64. The Hall–Kier alpha value is -3.09. The second kappa shape index (κ2) is 7.88. The molecule has 3 heterocycles. The molecule has 0 aliphatic carbocycles. The molecule has 1 saturated heterocycles. The summed E-state index contributed by atoms with van der Waals surface area (Å²) >= 11 is 0. The SMILES string of the molecule is COc1ccccc1Cc1cnc(C2CCCN(C(=O)c3ocnc3C)C2)o1. The van der Waals surface area contributed by atoms with Crippen LogP contribution < -0.4 is 4.74 Å². The van der Waals surface area contributed by atoms with Gasteiger partial charge < -0.3 is 18.5 Å². The molecule has 1 aliphatic rings. The van der Waals surface area contributed by atoms with Gasteiger partial charge in [0.2, 0.25) is 5.76 Å². The van der Waals surface area contributed by atoms with E-state index in [0.717, 1.165) is 29.9 Å². The molecule has 28 heavy (non-hydrogen) atoms. The average Bonchev–Trinajstić information content (AvgIpc) is 3.37. The standard InChI is InChI=1S/C21H23N3O4/c1-14-19(27-13-23-14)21(25)24-9-5-7-16(12-24)20-22-11-17(28-20)10-15-6-3-4-8-18(15)26-2/h3-4,6,8,11,13,16H,5,7,9-10,12H2,1-2H3. The quantitative estimate of drug-likeness (QED) is 0.672. The monoisotopic (exact) mass is 381 g/mol. The van der Waals surface area contributed by atoms with Crippen LogP contribution in [0.5, 0.6) is 5.75 Å². The summed E-state index contributed by atoms with van der Waals surface area (Å²) in [5.41, 5.74) is 1.66. The number of carbonyl (C=O) groups is 1. The van der Waals surface area contributed by atoms with E-state index in [9.17, 15) is 4.79 Å². The number of likely N-dealkylation sites (tertiary alicyclic amines) is 1. The lowest BCUT2D eigenvalue weighted by Crippen LogP contribution is -2.39. The van der Waals surface area contributed by atoms with E-state index >= 15 is 0 Å². The van der Waals surface area contributed by atoms with Gasteiger partial charge in [0.05, 0.1) is 24.9 Å². The van der Waals surface area contributed by atoms with E-state index in [1.807, 2.05) is 24.3 Å². The van der Waals surface area contributed by atoms with Gasteiger partial charge in [-0.2, -0.15) is 0 Å². The summed E-state index contributed by atoms with van der Waals surface area (Å²) in [5, 5.41) is 0. The van der Waals surface area contributed by atoms with Gasteiger partial charge in [0.1, 0.15) is 11.5 Å². The van der Waals surface area contributed by atoms with Gasteiger partial charge in [-0.05, 0) is 25.8 Å². The van der Waals surface area contributed by atoms with Gasteiger partial charge in [0.25, 0.3) is 5.91 Å². The van der Waals surface area contributed by atoms with Crippen LogP contribution >= 0.6 is 0 Å². The minimum Gasteiger partial charge on any atom is -0.496 e. The summed E-state index contributed by atoms with van der Waals surface area (Å²) < 4.78 is 16.7. The van der Waals surface area contributed by atoms with Crippen molar-refractivity contribution in [3.8, 4) is 5.75 Å². The first kappa shape index (κ1) is 18.3. The molecule has 146 valence electrons. The van der Waals surface area contributed by atoms with E-state index in [4.69, 9.17) is 13.6 Å². The Bertz CT molecular complexity index is 962. The third-order valence-corrected chi connectivity index (χ3v) is 5.13. The van der Waals surface area contributed by atoms with Crippen LogP contribution in [0.3, 0.4) is 0 Å². The zero-order valence-electron chi connectivity index (χ0n) is 16.1. The number of methoxy groups -OCH3 is 1. The molecule has 2 aromatic heterocycles. The maximum atomic E-state index is 12.7. The van der Waals surface area contributed by atoms with E-state index < -0.39 is 0 Å². The zero-order valence-corrected chi connectivity index (χ0v) is 16.1. The van der Waals surface area contributed by atoms with Gasteiger partial charge in [-0.3, -0.25) is 4.79 Å². The molecule has 0 bridgehead atoms. The Labute approximate surface area is 163 Å². The van der Waals surface area contributed by atoms with Crippen molar-refractivity contribution < 1.29 is 18.4 Å². The molecule has 7 nitrogen and oxygen atoms in total. The number of carbonyl (C=O) groups excluding carboxylic acids is 1. The van der Waals surface area contributed by atoms with E-state index in [-0.39, 0.29) is 11.8 Å². The average molecular weight is 381 g/mol. The highest BCUT2D eigenvalue weighted by atomic mass is 16.5. The Morgan fingerprint density at radius 2 is 2.18 bits per heavy atom. The van der Waals surface area contributed by atoms with E-state index in [1.165, 1.54) is 6.39 Å². The number of para-hydroxylation sites is 1. The third kappa shape index (κ3) is 3.65. The Balaban J connectivity index is 1.46. The molecule has 4 rings (SSSR count). The molecule has 0 N–H and O–H groups in total. The molecule has 0 spiro atoms. The van der Waals surface area contributed by atoms with Crippen LogP contribution in [0.2, 0.25) is 0 Å². The Morgan fingerprint density at radius 1 is 1.32 bits per heavy atom. The van der Waals surface area contributed by atoms with Crippen LogP contribution in [0.25, 0.3) is 0 Å². The zero-order chi connectivity index (χ0) is 19.5. The van der Waals surface area contributed by atoms with Crippen molar-refractivity contribution in [1.29, 1.82) is 0 Å². The number of rotatable bonds is 5. The van der Waals surface area contributed by atoms with Crippen molar-refractivity contribution in [1.82, 2.24) is 14.9 Å².